The number of thiocarbonyl (C=S) groups is 1. The molecule has 0 bridgehead atoms. The minimum atomic E-state index is -1.33. The number of rotatable bonds is 6. The Kier molecular flexibility index (Phi) is 5.68. The largest absolute Gasteiger partial charge is 0.395 e. The van der Waals surface area contributed by atoms with Crippen LogP contribution < -0.4 is 5.32 Å². The van der Waals surface area contributed by atoms with Gasteiger partial charge in [0.1, 0.15) is 21.3 Å². The molecule has 0 aliphatic carbocycles. The summed E-state index contributed by atoms with van der Waals surface area (Å²) >= 11 is 5.54. The Hall–Kier alpha value is -0.860. The third-order valence-corrected chi connectivity index (χ3v) is 6.47. The molecule has 2 N–H and O–H groups in total. The van der Waals surface area contributed by atoms with Gasteiger partial charge in [-0.3, -0.25) is 9.21 Å². The number of aliphatic hydroxyl groups excluding tert-OH is 1. The normalized spacial score (nSPS) is 21.1. The van der Waals surface area contributed by atoms with Gasteiger partial charge in [0.25, 0.3) is 0 Å². The van der Waals surface area contributed by atoms with Crippen LogP contribution in [-0.4, -0.2) is 55.9 Å². The van der Waals surface area contributed by atoms with Crippen LogP contribution in [0, 0.1) is 0 Å². The fourth-order valence-corrected chi connectivity index (χ4v) is 4.48. The molecular formula is C15H23N3O2S2. The second-order valence-electron chi connectivity index (χ2n) is 5.73. The fourth-order valence-electron chi connectivity index (χ4n) is 2.58. The molecule has 0 spiro atoms. The molecule has 2 rings (SSSR count). The Balaban J connectivity index is 2.23. The molecule has 0 saturated carbocycles. The molecule has 22 heavy (non-hydrogen) atoms. The third-order valence-electron chi connectivity index (χ3n) is 3.99. The molecule has 122 valence electrons. The summed E-state index contributed by atoms with van der Waals surface area (Å²) in [6, 6.07) is 9.71. The Morgan fingerprint density at radius 1 is 1.41 bits per heavy atom. The Morgan fingerprint density at radius 2 is 2.05 bits per heavy atom. The van der Waals surface area contributed by atoms with Gasteiger partial charge in [0.2, 0.25) is 0 Å². The summed E-state index contributed by atoms with van der Waals surface area (Å²) in [5.74, 6) is 0. The van der Waals surface area contributed by atoms with Gasteiger partial charge in [0, 0.05) is 6.54 Å². The number of hydrogen-bond acceptors (Lipinski definition) is 5. The lowest BCUT2D eigenvalue weighted by Gasteiger charge is -2.28. The van der Waals surface area contributed by atoms with E-state index in [-0.39, 0.29) is 17.5 Å². The topological polar surface area (TPSA) is 55.8 Å². The molecule has 1 aromatic rings. The van der Waals surface area contributed by atoms with Crippen LogP contribution in [0.3, 0.4) is 0 Å². The van der Waals surface area contributed by atoms with E-state index in [1.165, 1.54) is 0 Å². The van der Waals surface area contributed by atoms with Gasteiger partial charge in [-0.05, 0) is 26.5 Å². The molecule has 1 aliphatic rings. The standard InChI is InChI=1S/C15H23N3O2S2/c1-15(2)14(21)18(11-17(15)9-10-19)22(20)13(16-3)12-7-5-4-6-8-12/h4-8,13,16,19H,9-11H2,1-3H3. The minimum absolute atomic E-state index is 0.0562. The average molecular weight is 342 g/mol. The molecule has 2 atom stereocenters. The summed E-state index contributed by atoms with van der Waals surface area (Å²) in [6.45, 7) is 5.03. The van der Waals surface area contributed by atoms with Crippen LogP contribution >= 0.6 is 12.2 Å². The molecule has 7 heteroatoms. The number of β-amino-alcohol motifs (C(OH)–C–C–N with tert-alkyl or cyclic N) is 1. The van der Waals surface area contributed by atoms with Crippen molar-refractivity contribution in [1.82, 2.24) is 14.5 Å². The maximum atomic E-state index is 13.0. The van der Waals surface area contributed by atoms with E-state index in [1.54, 1.807) is 11.4 Å². The zero-order chi connectivity index (χ0) is 16.3. The second-order valence-corrected chi connectivity index (χ2v) is 7.58. The fraction of sp³-hybridized carbons (Fsp3) is 0.533. The van der Waals surface area contributed by atoms with E-state index in [1.807, 2.05) is 49.1 Å². The van der Waals surface area contributed by atoms with Crippen LogP contribution in [0.2, 0.25) is 0 Å². The van der Waals surface area contributed by atoms with E-state index in [2.05, 4.69) is 5.32 Å². The second kappa shape index (κ2) is 7.14. The molecule has 1 aromatic carbocycles. The molecule has 0 amide bonds. The number of nitrogens with zero attached hydrogens (tertiary/aromatic N) is 2. The number of hydrogen-bond donors (Lipinski definition) is 2. The predicted molar refractivity (Wildman–Crippen MR) is 93.6 cm³/mol. The molecule has 1 fully saturated rings. The van der Waals surface area contributed by atoms with Crippen LogP contribution in [0.15, 0.2) is 30.3 Å². The van der Waals surface area contributed by atoms with Gasteiger partial charge in [-0.1, -0.05) is 42.5 Å². The predicted octanol–water partition coefficient (Wildman–Crippen LogP) is 1.24. The van der Waals surface area contributed by atoms with E-state index in [0.717, 1.165) is 5.56 Å². The van der Waals surface area contributed by atoms with Crippen molar-refractivity contribution in [1.29, 1.82) is 0 Å². The Morgan fingerprint density at radius 3 is 2.59 bits per heavy atom. The lowest BCUT2D eigenvalue weighted by Crippen LogP contribution is -2.44. The Labute approximate surface area is 139 Å². The quantitative estimate of drug-likeness (QED) is 0.763. The van der Waals surface area contributed by atoms with Crippen molar-refractivity contribution in [3.8, 4) is 0 Å². The molecule has 2 unspecified atom stereocenters. The summed E-state index contributed by atoms with van der Waals surface area (Å²) in [5, 5.41) is 12.0. The monoisotopic (exact) mass is 341 g/mol. The van der Waals surface area contributed by atoms with Crippen LogP contribution in [-0.2, 0) is 11.0 Å². The number of nitrogens with one attached hydrogen (secondary N) is 1. The molecular weight excluding hydrogens is 318 g/mol. The van der Waals surface area contributed by atoms with Gasteiger partial charge >= 0.3 is 0 Å². The summed E-state index contributed by atoms with van der Waals surface area (Å²) < 4.78 is 14.8. The summed E-state index contributed by atoms with van der Waals surface area (Å²) in [4.78, 5) is 2.70. The maximum Gasteiger partial charge on any atom is 0.143 e. The first kappa shape index (κ1) is 17.5. The van der Waals surface area contributed by atoms with Crippen molar-refractivity contribution in [2.45, 2.75) is 24.8 Å². The van der Waals surface area contributed by atoms with Crippen molar-refractivity contribution < 1.29 is 9.32 Å². The van der Waals surface area contributed by atoms with Crippen LogP contribution in [0.4, 0.5) is 0 Å². The summed E-state index contributed by atoms with van der Waals surface area (Å²) in [5.41, 5.74) is 0.576. The van der Waals surface area contributed by atoms with Crippen molar-refractivity contribution in [3.63, 3.8) is 0 Å². The maximum absolute atomic E-state index is 13.0. The average Bonchev–Trinajstić information content (AvgIpc) is 2.73. The molecule has 1 heterocycles. The van der Waals surface area contributed by atoms with Crippen molar-refractivity contribution in [3.05, 3.63) is 35.9 Å². The summed E-state index contributed by atoms with van der Waals surface area (Å²) in [7, 11) is 0.470. The van der Waals surface area contributed by atoms with Crippen molar-refractivity contribution >= 4 is 28.2 Å². The van der Waals surface area contributed by atoms with E-state index < -0.39 is 11.0 Å². The Bertz CT molecular complexity index is 551. The number of aliphatic hydroxyl groups is 1. The lowest BCUT2D eigenvalue weighted by molar-refractivity contribution is 0.149. The van der Waals surface area contributed by atoms with Gasteiger partial charge in [0.05, 0.1) is 18.8 Å². The van der Waals surface area contributed by atoms with Crippen LogP contribution in [0.1, 0.15) is 24.8 Å². The molecule has 5 nitrogen and oxygen atoms in total. The van der Waals surface area contributed by atoms with Crippen molar-refractivity contribution in [2.24, 2.45) is 0 Å². The van der Waals surface area contributed by atoms with Gasteiger partial charge in [0.15, 0.2) is 0 Å². The first-order valence-corrected chi connectivity index (χ1v) is 8.82. The van der Waals surface area contributed by atoms with Crippen LogP contribution in [0.25, 0.3) is 0 Å². The van der Waals surface area contributed by atoms with Crippen molar-refractivity contribution in [2.75, 3.05) is 26.9 Å². The highest BCUT2D eigenvalue weighted by Crippen LogP contribution is 2.31. The molecule has 1 saturated heterocycles. The first-order chi connectivity index (χ1) is 10.4. The smallest absolute Gasteiger partial charge is 0.143 e. The zero-order valence-corrected chi connectivity index (χ0v) is 14.8. The summed E-state index contributed by atoms with van der Waals surface area (Å²) in [6.07, 6.45) is 0. The first-order valence-electron chi connectivity index (χ1n) is 7.24. The molecule has 1 aliphatic heterocycles. The van der Waals surface area contributed by atoms with E-state index in [0.29, 0.717) is 18.2 Å². The van der Waals surface area contributed by atoms with E-state index >= 15 is 0 Å². The van der Waals surface area contributed by atoms with Gasteiger partial charge in [-0.2, -0.15) is 0 Å². The highest BCUT2D eigenvalue weighted by atomic mass is 32.2. The SMILES string of the molecule is CNC(c1ccccc1)S(=O)N1CN(CCO)C(C)(C)C1=S. The molecule has 0 radical (unpaired) electrons. The van der Waals surface area contributed by atoms with Gasteiger partial charge in [-0.25, -0.2) is 4.21 Å². The van der Waals surface area contributed by atoms with Gasteiger partial charge in [-0.15, -0.1) is 0 Å². The lowest BCUT2D eigenvalue weighted by atomic mass is 10.1. The zero-order valence-electron chi connectivity index (χ0n) is 13.2. The van der Waals surface area contributed by atoms with E-state index in [4.69, 9.17) is 12.2 Å². The number of benzene rings is 1. The highest BCUT2D eigenvalue weighted by Gasteiger charge is 2.45. The third kappa shape index (κ3) is 3.23. The highest BCUT2D eigenvalue weighted by molar-refractivity contribution is 7.86. The van der Waals surface area contributed by atoms with Gasteiger partial charge < -0.3 is 10.4 Å². The van der Waals surface area contributed by atoms with E-state index in [9.17, 15) is 9.32 Å². The van der Waals surface area contributed by atoms with Crippen LogP contribution in [0.5, 0.6) is 0 Å². The minimum Gasteiger partial charge on any atom is -0.395 e. The molecule has 0 aromatic heterocycles.